The molecule has 16 heavy (non-hydrogen) atoms. The summed E-state index contributed by atoms with van der Waals surface area (Å²) in [5.41, 5.74) is 0.0764. The number of thioether (sulfide) groups is 1. The van der Waals surface area contributed by atoms with Crippen LogP contribution in [0.4, 0.5) is 0 Å². The van der Waals surface area contributed by atoms with Crippen LogP contribution in [0.5, 0.6) is 0 Å². The molecule has 0 saturated heterocycles. The summed E-state index contributed by atoms with van der Waals surface area (Å²) in [6.45, 7) is 2.07. The molecule has 2 heterocycles. The summed E-state index contributed by atoms with van der Waals surface area (Å²) in [7, 11) is 0. The van der Waals surface area contributed by atoms with Crippen molar-refractivity contribution >= 4 is 34.1 Å². The highest BCUT2D eigenvalue weighted by atomic mass is 35.5. The van der Waals surface area contributed by atoms with Gasteiger partial charge in [0.05, 0.1) is 5.03 Å². The minimum absolute atomic E-state index is 0.0764. The molecule has 0 bridgehead atoms. The third-order valence-electron chi connectivity index (χ3n) is 2.89. The second kappa shape index (κ2) is 3.54. The second-order valence-electron chi connectivity index (χ2n) is 4.05. The molecular formula is C12H10ClNOS. The van der Waals surface area contributed by atoms with Crippen molar-refractivity contribution in [3.8, 4) is 0 Å². The van der Waals surface area contributed by atoms with Gasteiger partial charge in [-0.05, 0) is 30.5 Å². The van der Waals surface area contributed by atoms with Gasteiger partial charge in [-0.25, -0.2) is 0 Å². The van der Waals surface area contributed by atoms with Crippen molar-refractivity contribution in [1.82, 2.24) is 4.57 Å². The minimum atomic E-state index is 0.0764. The Morgan fingerprint density at radius 1 is 1.44 bits per heavy atom. The van der Waals surface area contributed by atoms with Crippen molar-refractivity contribution in [3.63, 3.8) is 0 Å². The summed E-state index contributed by atoms with van der Waals surface area (Å²) in [5.74, 6) is 0.972. The maximum absolute atomic E-state index is 12.3. The monoisotopic (exact) mass is 251 g/mol. The number of benzene rings is 1. The fourth-order valence-electron chi connectivity index (χ4n) is 2.08. The van der Waals surface area contributed by atoms with Crippen LogP contribution in [0.15, 0.2) is 34.1 Å². The first kappa shape index (κ1) is 10.2. The largest absolute Gasteiger partial charge is 0.299 e. The van der Waals surface area contributed by atoms with Crippen molar-refractivity contribution < 1.29 is 0 Å². The van der Waals surface area contributed by atoms with Crippen molar-refractivity contribution in [2.45, 2.75) is 18.0 Å². The molecule has 0 spiro atoms. The van der Waals surface area contributed by atoms with Gasteiger partial charge in [-0.15, -0.1) is 11.8 Å². The van der Waals surface area contributed by atoms with Crippen LogP contribution in [0.2, 0.25) is 5.02 Å². The summed E-state index contributed by atoms with van der Waals surface area (Å²) >= 11 is 7.66. The molecule has 1 atom stereocenters. The van der Waals surface area contributed by atoms with Gasteiger partial charge >= 0.3 is 0 Å². The predicted molar refractivity (Wildman–Crippen MR) is 68.7 cm³/mol. The van der Waals surface area contributed by atoms with E-state index < -0.39 is 0 Å². The molecule has 1 aromatic heterocycles. The van der Waals surface area contributed by atoms with Gasteiger partial charge in [-0.3, -0.25) is 9.36 Å². The van der Waals surface area contributed by atoms with E-state index in [0.717, 1.165) is 16.2 Å². The number of rotatable bonds is 0. The maximum Gasteiger partial charge on any atom is 0.259 e. The first-order valence-electron chi connectivity index (χ1n) is 5.14. The van der Waals surface area contributed by atoms with E-state index in [1.54, 1.807) is 17.8 Å². The number of hydrogen-bond donors (Lipinski definition) is 0. The molecule has 0 fully saturated rings. The Labute approximate surface area is 102 Å². The van der Waals surface area contributed by atoms with Gasteiger partial charge in [0.2, 0.25) is 0 Å². The van der Waals surface area contributed by atoms with Gasteiger partial charge in [-0.2, -0.15) is 0 Å². The molecule has 1 aromatic carbocycles. The Hall–Kier alpha value is -0.930. The van der Waals surface area contributed by atoms with Crippen LogP contribution in [0.1, 0.15) is 13.0 Å². The van der Waals surface area contributed by atoms with Crippen LogP contribution in [0.25, 0.3) is 10.8 Å². The van der Waals surface area contributed by atoms with E-state index in [9.17, 15) is 4.79 Å². The highest BCUT2D eigenvalue weighted by Gasteiger charge is 2.21. The zero-order valence-electron chi connectivity index (χ0n) is 8.74. The lowest BCUT2D eigenvalue weighted by Crippen LogP contribution is -2.21. The molecule has 1 aliphatic rings. The molecule has 1 unspecified atom stereocenters. The summed E-state index contributed by atoms with van der Waals surface area (Å²) in [6, 6.07) is 7.83. The van der Waals surface area contributed by atoms with E-state index >= 15 is 0 Å². The number of halogens is 1. The molecule has 3 rings (SSSR count). The summed E-state index contributed by atoms with van der Waals surface area (Å²) in [6.07, 6.45) is 0. The molecule has 0 radical (unpaired) electrons. The van der Waals surface area contributed by atoms with Crippen LogP contribution < -0.4 is 5.56 Å². The predicted octanol–water partition coefficient (Wildman–Crippen LogP) is 3.32. The molecule has 2 nitrogen and oxygen atoms in total. The molecule has 1 aliphatic heterocycles. The molecule has 0 N–H and O–H groups in total. The average Bonchev–Trinajstić information content (AvgIpc) is 2.62. The van der Waals surface area contributed by atoms with E-state index in [4.69, 9.17) is 11.6 Å². The van der Waals surface area contributed by atoms with Gasteiger partial charge in [-0.1, -0.05) is 17.7 Å². The van der Waals surface area contributed by atoms with Crippen LogP contribution in [-0.2, 0) is 0 Å². The van der Waals surface area contributed by atoms with E-state index in [1.807, 2.05) is 16.7 Å². The Kier molecular flexibility index (Phi) is 2.26. The van der Waals surface area contributed by atoms with Crippen LogP contribution in [-0.4, -0.2) is 10.3 Å². The smallest absolute Gasteiger partial charge is 0.259 e. The van der Waals surface area contributed by atoms with Crippen LogP contribution in [0.3, 0.4) is 0 Å². The summed E-state index contributed by atoms with van der Waals surface area (Å²) in [5, 5.41) is 3.36. The fraction of sp³-hybridized carbons (Fsp3) is 0.250. The van der Waals surface area contributed by atoms with Gasteiger partial charge in [0.25, 0.3) is 5.56 Å². The van der Waals surface area contributed by atoms with E-state index in [2.05, 4.69) is 13.0 Å². The zero-order chi connectivity index (χ0) is 11.3. The minimum Gasteiger partial charge on any atom is -0.299 e. The van der Waals surface area contributed by atoms with Gasteiger partial charge < -0.3 is 0 Å². The third-order valence-corrected chi connectivity index (χ3v) is 4.39. The number of nitrogens with zero attached hydrogens (tertiary/aromatic N) is 1. The Morgan fingerprint density at radius 3 is 3.06 bits per heavy atom. The van der Waals surface area contributed by atoms with Gasteiger partial charge in [0.1, 0.15) is 0 Å². The van der Waals surface area contributed by atoms with Crippen molar-refractivity contribution in [1.29, 1.82) is 0 Å². The van der Waals surface area contributed by atoms with Crippen molar-refractivity contribution in [3.05, 3.63) is 39.6 Å². The Morgan fingerprint density at radius 2 is 2.25 bits per heavy atom. The zero-order valence-corrected chi connectivity index (χ0v) is 10.3. The summed E-state index contributed by atoms with van der Waals surface area (Å²) < 4.78 is 1.86. The number of hydrogen-bond acceptors (Lipinski definition) is 2. The van der Waals surface area contributed by atoms with Crippen LogP contribution >= 0.6 is 23.4 Å². The fourth-order valence-corrected chi connectivity index (χ4v) is 3.43. The van der Waals surface area contributed by atoms with Crippen LogP contribution in [0, 0.1) is 0 Å². The first-order valence-corrected chi connectivity index (χ1v) is 6.51. The molecule has 82 valence electrons. The molecule has 2 aromatic rings. The second-order valence-corrected chi connectivity index (χ2v) is 5.53. The van der Waals surface area contributed by atoms with Crippen molar-refractivity contribution in [2.24, 2.45) is 0 Å². The molecule has 0 amide bonds. The van der Waals surface area contributed by atoms with Gasteiger partial charge in [0.15, 0.2) is 0 Å². The van der Waals surface area contributed by atoms with Gasteiger partial charge in [0, 0.05) is 22.2 Å². The van der Waals surface area contributed by atoms with E-state index in [0.29, 0.717) is 10.4 Å². The number of pyridine rings is 1. The SMILES string of the molecule is CC1CSc2cc3ccc(Cl)cc3c(=O)n21. The van der Waals surface area contributed by atoms with Crippen molar-refractivity contribution in [2.75, 3.05) is 5.75 Å². The van der Waals surface area contributed by atoms with E-state index in [1.165, 1.54) is 0 Å². The Balaban J connectivity index is 2.45. The third kappa shape index (κ3) is 1.39. The lowest BCUT2D eigenvalue weighted by atomic mass is 10.1. The molecule has 0 aliphatic carbocycles. The number of fused-ring (bicyclic) bond motifs is 2. The Bertz CT molecular complexity index is 635. The average molecular weight is 252 g/mol. The highest BCUT2D eigenvalue weighted by molar-refractivity contribution is 7.99. The lowest BCUT2D eigenvalue weighted by Gasteiger charge is -2.09. The molecule has 0 saturated carbocycles. The molecule has 4 heteroatoms. The topological polar surface area (TPSA) is 22.0 Å². The summed E-state index contributed by atoms with van der Waals surface area (Å²) in [4.78, 5) is 12.3. The maximum atomic E-state index is 12.3. The lowest BCUT2D eigenvalue weighted by molar-refractivity contribution is 0.569. The first-order chi connectivity index (χ1) is 7.66. The molecular weight excluding hydrogens is 242 g/mol. The normalized spacial score (nSPS) is 19.0. The standard InChI is InChI=1S/C12H10ClNOS/c1-7-6-16-11-4-8-2-3-9(13)5-10(8)12(15)14(7)11/h2-5,7H,6H2,1H3. The quantitative estimate of drug-likeness (QED) is 0.717. The van der Waals surface area contributed by atoms with E-state index in [-0.39, 0.29) is 11.6 Å². The highest BCUT2D eigenvalue weighted by Crippen LogP contribution is 2.33. The number of aromatic nitrogens is 1.